The van der Waals surface area contributed by atoms with Crippen LogP contribution < -0.4 is 5.32 Å². The molecule has 0 bridgehead atoms. The molecule has 0 aliphatic carbocycles. The Balaban J connectivity index is 1.60. The lowest BCUT2D eigenvalue weighted by molar-refractivity contribution is 0.295. The van der Waals surface area contributed by atoms with E-state index in [0.717, 1.165) is 17.7 Å². The van der Waals surface area contributed by atoms with Crippen LogP contribution in [-0.4, -0.2) is 53.1 Å². The van der Waals surface area contributed by atoms with Crippen molar-refractivity contribution in [1.82, 2.24) is 25.5 Å². The third-order valence-corrected chi connectivity index (χ3v) is 7.06. The molecule has 4 rings (SSSR count). The van der Waals surface area contributed by atoms with Crippen molar-refractivity contribution in [2.24, 2.45) is 0 Å². The Labute approximate surface area is 197 Å². The largest absolute Gasteiger partial charge is 0.415 e. The third kappa shape index (κ3) is 5.19. The van der Waals surface area contributed by atoms with Crippen LogP contribution in [0.15, 0.2) is 64.0 Å². The van der Waals surface area contributed by atoms with Crippen LogP contribution in [0.3, 0.4) is 0 Å². The Morgan fingerprint density at radius 1 is 0.971 bits per heavy atom. The first-order valence-corrected chi connectivity index (χ1v) is 12.4. The second kappa shape index (κ2) is 10.2. The highest BCUT2D eigenvalue weighted by Crippen LogP contribution is 2.27. The number of nitrogens with one attached hydrogen (secondary N) is 1. The molecule has 9 nitrogen and oxygen atoms in total. The smallest absolute Gasteiger partial charge is 0.268 e. The second-order valence-electron chi connectivity index (χ2n) is 7.75. The number of rotatable bonds is 9. The highest BCUT2D eigenvalue weighted by Gasteiger charge is 2.17. The molecule has 0 saturated carbocycles. The molecular weight excluding hydrogens is 454 g/mol. The van der Waals surface area contributed by atoms with Crippen LogP contribution in [0, 0.1) is 6.92 Å². The maximum atomic E-state index is 12.3. The molecule has 0 unspecified atom stereocenters. The fourth-order valence-corrected chi connectivity index (χ4v) is 4.70. The average Bonchev–Trinajstić information content (AvgIpc) is 3.34. The Kier molecular flexibility index (Phi) is 7.11. The first-order chi connectivity index (χ1) is 16.4. The molecule has 0 saturated heterocycles. The molecule has 2 aromatic heterocycles. The summed E-state index contributed by atoms with van der Waals surface area (Å²) in [6.07, 6.45) is 1.81. The summed E-state index contributed by atoms with van der Waals surface area (Å²) in [6, 6.07) is 14.3. The first-order valence-electron chi connectivity index (χ1n) is 10.8. The molecule has 0 spiro atoms. The number of benzene rings is 2. The Bertz CT molecular complexity index is 1370. The molecule has 0 aliphatic rings. The van der Waals surface area contributed by atoms with E-state index in [0.29, 0.717) is 28.5 Å². The Morgan fingerprint density at radius 2 is 1.65 bits per heavy atom. The molecule has 2 aromatic carbocycles. The molecule has 34 heavy (non-hydrogen) atoms. The standard InChI is InChI=1S/C24H25N5O4S/c1-16-22(24-29-28-23(33-24)19-6-4-17(5-7-19)14-25-2)27-21(15-26-16)18-8-10-20(11-9-18)34(31,32)13-3-12-30/h4-11,15,25,30H,3,12-14H2,1-2H3. The van der Waals surface area contributed by atoms with Gasteiger partial charge in [0.05, 0.1) is 28.2 Å². The van der Waals surface area contributed by atoms with Gasteiger partial charge in [-0.15, -0.1) is 10.2 Å². The number of aliphatic hydroxyl groups excluding tert-OH is 1. The maximum absolute atomic E-state index is 12.3. The minimum Gasteiger partial charge on any atom is -0.415 e. The highest BCUT2D eigenvalue weighted by atomic mass is 32.2. The van der Waals surface area contributed by atoms with E-state index in [-0.39, 0.29) is 29.6 Å². The van der Waals surface area contributed by atoms with E-state index in [1.54, 1.807) is 25.3 Å². The summed E-state index contributed by atoms with van der Waals surface area (Å²) in [4.78, 5) is 9.27. The minimum absolute atomic E-state index is 0.102. The van der Waals surface area contributed by atoms with Crippen molar-refractivity contribution in [3.63, 3.8) is 0 Å². The number of sulfone groups is 1. The van der Waals surface area contributed by atoms with E-state index in [4.69, 9.17) is 9.52 Å². The van der Waals surface area contributed by atoms with Gasteiger partial charge in [0, 0.05) is 24.3 Å². The van der Waals surface area contributed by atoms with Gasteiger partial charge in [-0.05, 0) is 50.2 Å². The van der Waals surface area contributed by atoms with Crippen LogP contribution in [0.5, 0.6) is 0 Å². The van der Waals surface area contributed by atoms with Gasteiger partial charge in [-0.2, -0.15) is 0 Å². The second-order valence-corrected chi connectivity index (χ2v) is 9.86. The first kappa shape index (κ1) is 23.7. The van der Waals surface area contributed by atoms with Crippen LogP contribution in [0.2, 0.25) is 0 Å². The number of aliphatic hydroxyl groups is 1. The Hall–Kier alpha value is -3.47. The van der Waals surface area contributed by atoms with Gasteiger partial charge in [0.15, 0.2) is 9.84 Å². The van der Waals surface area contributed by atoms with Crippen molar-refractivity contribution < 1.29 is 17.9 Å². The summed E-state index contributed by atoms with van der Waals surface area (Å²) in [5.41, 5.74) is 4.30. The molecule has 4 aromatic rings. The van der Waals surface area contributed by atoms with E-state index in [2.05, 4.69) is 25.5 Å². The van der Waals surface area contributed by atoms with Gasteiger partial charge in [0.2, 0.25) is 5.89 Å². The lowest BCUT2D eigenvalue weighted by Crippen LogP contribution is -2.08. The molecule has 10 heteroatoms. The predicted molar refractivity (Wildman–Crippen MR) is 127 cm³/mol. The van der Waals surface area contributed by atoms with Crippen molar-refractivity contribution >= 4 is 9.84 Å². The van der Waals surface area contributed by atoms with Gasteiger partial charge >= 0.3 is 0 Å². The average molecular weight is 480 g/mol. The molecule has 0 radical (unpaired) electrons. The molecule has 176 valence electrons. The van der Waals surface area contributed by atoms with Gasteiger partial charge in [-0.25, -0.2) is 13.4 Å². The van der Waals surface area contributed by atoms with Gasteiger partial charge in [0.25, 0.3) is 5.89 Å². The SMILES string of the molecule is CNCc1ccc(-c2nnc(-c3nc(-c4ccc(S(=O)(=O)CCCO)cc4)cnc3C)o2)cc1. The van der Waals surface area contributed by atoms with Crippen molar-refractivity contribution in [2.45, 2.75) is 24.8 Å². The molecule has 0 amide bonds. The summed E-state index contributed by atoms with van der Waals surface area (Å²) >= 11 is 0. The number of nitrogens with zero attached hydrogens (tertiary/aromatic N) is 4. The zero-order valence-corrected chi connectivity index (χ0v) is 19.7. The summed E-state index contributed by atoms with van der Waals surface area (Å²) in [6.45, 7) is 2.41. The minimum atomic E-state index is -3.44. The fourth-order valence-electron chi connectivity index (χ4n) is 3.40. The Morgan fingerprint density at radius 3 is 2.32 bits per heavy atom. The van der Waals surface area contributed by atoms with Gasteiger partial charge in [-0.1, -0.05) is 24.3 Å². The fraction of sp³-hybridized carbons (Fsp3) is 0.250. The molecule has 0 atom stereocenters. The predicted octanol–water partition coefficient (Wildman–Crippen LogP) is 3.04. The van der Waals surface area contributed by atoms with E-state index in [9.17, 15) is 8.42 Å². The van der Waals surface area contributed by atoms with Crippen LogP contribution in [0.1, 0.15) is 17.7 Å². The van der Waals surface area contributed by atoms with E-state index < -0.39 is 9.84 Å². The molecule has 2 N–H and O–H groups in total. The third-order valence-electron chi connectivity index (χ3n) is 5.25. The summed E-state index contributed by atoms with van der Waals surface area (Å²) in [7, 11) is -1.55. The van der Waals surface area contributed by atoms with E-state index >= 15 is 0 Å². The van der Waals surface area contributed by atoms with Crippen LogP contribution in [0.25, 0.3) is 34.3 Å². The summed E-state index contributed by atoms with van der Waals surface area (Å²) in [5.74, 6) is 0.536. The highest BCUT2D eigenvalue weighted by molar-refractivity contribution is 7.91. The van der Waals surface area contributed by atoms with Gasteiger partial charge < -0.3 is 14.8 Å². The quantitative estimate of drug-likeness (QED) is 0.372. The van der Waals surface area contributed by atoms with Crippen molar-refractivity contribution in [1.29, 1.82) is 0 Å². The van der Waals surface area contributed by atoms with Gasteiger partial charge in [-0.3, -0.25) is 4.98 Å². The summed E-state index contributed by atoms with van der Waals surface area (Å²) in [5, 5.41) is 20.3. The monoisotopic (exact) mass is 479 g/mol. The van der Waals surface area contributed by atoms with Crippen molar-refractivity contribution in [2.75, 3.05) is 19.4 Å². The molecule has 2 heterocycles. The lowest BCUT2D eigenvalue weighted by atomic mass is 10.1. The molecule has 0 aliphatic heterocycles. The number of hydrogen-bond acceptors (Lipinski definition) is 9. The molecular formula is C24H25N5O4S. The summed E-state index contributed by atoms with van der Waals surface area (Å²) < 4.78 is 30.5. The van der Waals surface area contributed by atoms with Crippen LogP contribution in [-0.2, 0) is 16.4 Å². The normalized spacial score (nSPS) is 11.6. The van der Waals surface area contributed by atoms with E-state index in [1.165, 1.54) is 12.1 Å². The number of aromatic nitrogens is 4. The zero-order valence-electron chi connectivity index (χ0n) is 18.9. The lowest BCUT2D eigenvalue weighted by Gasteiger charge is -2.07. The maximum Gasteiger partial charge on any atom is 0.268 e. The van der Waals surface area contributed by atoms with Crippen molar-refractivity contribution in [3.05, 3.63) is 66.0 Å². The molecule has 0 fully saturated rings. The topological polar surface area (TPSA) is 131 Å². The number of hydrogen-bond donors (Lipinski definition) is 2. The van der Waals surface area contributed by atoms with Crippen molar-refractivity contribution in [3.8, 4) is 34.3 Å². The van der Waals surface area contributed by atoms with Crippen LogP contribution in [0.4, 0.5) is 0 Å². The number of aryl methyl sites for hydroxylation is 1. The van der Waals surface area contributed by atoms with Crippen LogP contribution >= 0.6 is 0 Å². The van der Waals surface area contributed by atoms with Gasteiger partial charge in [0.1, 0.15) is 5.69 Å². The zero-order chi connectivity index (χ0) is 24.1. The van der Waals surface area contributed by atoms with E-state index in [1.807, 2.05) is 31.3 Å².